The summed E-state index contributed by atoms with van der Waals surface area (Å²) in [6.45, 7) is 15.6. The maximum absolute atomic E-state index is 9.21. The van der Waals surface area contributed by atoms with Gasteiger partial charge in [0.25, 0.3) is 8.32 Å². The molecule has 0 radical (unpaired) electrons. The van der Waals surface area contributed by atoms with Crippen molar-refractivity contribution in [3.05, 3.63) is 72.3 Å². The average molecular weight is 489 g/mol. The third kappa shape index (κ3) is 4.34. The Morgan fingerprint density at radius 3 is 2.03 bits per heavy atom. The van der Waals surface area contributed by atoms with Crippen LogP contribution < -0.4 is 10.4 Å². The van der Waals surface area contributed by atoms with Crippen LogP contribution in [0.1, 0.15) is 61.3 Å². The van der Waals surface area contributed by atoms with E-state index in [4.69, 9.17) is 9.16 Å². The van der Waals surface area contributed by atoms with Crippen LogP contribution in [0.15, 0.2) is 72.3 Å². The van der Waals surface area contributed by atoms with Gasteiger partial charge in [-0.15, -0.1) is 0 Å². The third-order valence-electron chi connectivity index (χ3n) is 7.98. The highest BCUT2D eigenvalue weighted by molar-refractivity contribution is 6.99. The lowest BCUT2D eigenvalue weighted by Crippen LogP contribution is -2.68. The first-order valence-corrected chi connectivity index (χ1v) is 14.6. The molecule has 4 heteroatoms. The molecule has 0 spiro atoms. The third-order valence-corrected chi connectivity index (χ3v) is 13.1. The standard InChI is InChI=1S/C31H40O3Si/c1-24(19-21-32)18-20-31-29(5,6)22-25(23-30(31,7)34-31)33-35(28(2,3)4,26-14-10-8-11-15-26)27-16-12-9-13-17-27/h8-17,19,25,32H,21-23H2,1-7H3/b24-19+/t25-,30+,31-/m0/s1. The minimum absolute atomic E-state index is 0.00340. The predicted molar refractivity (Wildman–Crippen MR) is 146 cm³/mol. The molecule has 3 atom stereocenters. The number of benzene rings is 2. The zero-order valence-electron chi connectivity index (χ0n) is 22.3. The molecule has 2 aromatic rings. The van der Waals surface area contributed by atoms with Gasteiger partial charge in [-0.2, -0.15) is 0 Å². The molecule has 4 rings (SSSR count). The van der Waals surface area contributed by atoms with Crippen LogP contribution in [0.25, 0.3) is 0 Å². The van der Waals surface area contributed by atoms with Crippen LogP contribution in [-0.2, 0) is 9.16 Å². The Kier molecular flexibility index (Phi) is 6.70. The summed E-state index contributed by atoms with van der Waals surface area (Å²) < 4.78 is 14.0. The summed E-state index contributed by atoms with van der Waals surface area (Å²) in [5.74, 6) is 6.72. The van der Waals surface area contributed by atoms with E-state index in [9.17, 15) is 5.11 Å². The topological polar surface area (TPSA) is 42.0 Å². The van der Waals surface area contributed by atoms with E-state index in [-0.39, 0.29) is 28.8 Å². The second-order valence-electron chi connectivity index (χ2n) is 12.0. The first-order valence-electron chi connectivity index (χ1n) is 12.7. The Balaban J connectivity index is 1.75. The summed E-state index contributed by atoms with van der Waals surface area (Å²) in [6.07, 6.45) is 3.50. The molecule has 0 bridgehead atoms. The Morgan fingerprint density at radius 1 is 1.03 bits per heavy atom. The zero-order chi connectivity index (χ0) is 25.5. The number of aliphatic hydroxyl groups excluding tert-OH is 1. The molecule has 2 fully saturated rings. The summed E-state index contributed by atoms with van der Waals surface area (Å²) in [4.78, 5) is 0. The van der Waals surface area contributed by atoms with E-state index in [1.165, 1.54) is 10.4 Å². The van der Waals surface area contributed by atoms with E-state index in [0.717, 1.165) is 18.4 Å². The van der Waals surface area contributed by atoms with Crippen LogP contribution in [0.4, 0.5) is 0 Å². The number of allylic oxidation sites excluding steroid dienone is 1. The number of aliphatic hydroxyl groups is 1. The minimum atomic E-state index is -2.64. The van der Waals surface area contributed by atoms with Crippen molar-refractivity contribution in [2.24, 2.45) is 5.41 Å². The second-order valence-corrected chi connectivity index (χ2v) is 16.3. The number of ether oxygens (including phenoxy) is 1. The van der Waals surface area contributed by atoms with Gasteiger partial charge in [0.05, 0.1) is 6.61 Å². The number of epoxide rings is 1. The van der Waals surface area contributed by atoms with Gasteiger partial charge < -0.3 is 14.3 Å². The maximum atomic E-state index is 9.21. The minimum Gasteiger partial charge on any atom is -0.404 e. The van der Waals surface area contributed by atoms with E-state index in [2.05, 4.69) is 114 Å². The molecule has 35 heavy (non-hydrogen) atoms. The Morgan fingerprint density at radius 2 is 1.57 bits per heavy atom. The average Bonchev–Trinajstić information content (AvgIpc) is 3.43. The maximum Gasteiger partial charge on any atom is 0.261 e. The molecule has 2 aliphatic rings. The van der Waals surface area contributed by atoms with E-state index in [0.29, 0.717) is 0 Å². The van der Waals surface area contributed by atoms with E-state index in [1.807, 2.05) is 6.92 Å². The van der Waals surface area contributed by atoms with Crippen molar-refractivity contribution in [1.82, 2.24) is 0 Å². The monoisotopic (exact) mass is 488 g/mol. The van der Waals surface area contributed by atoms with Crippen molar-refractivity contribution < 1.29 is 14.3 Å². The number of hydrogen-bond acceptors (Lipinski definition) is 3. The SMILES string of the molecule is C/C(C#C[C@@]12O[C@]1(C)C[C@@H](O[Si](c1ccccc1)(c1ccccc1)C(C)(C)C)CC2(C)C)=C\CO. The van der Waals surface area contributed by atoms with Crippen LogP contribution in [0, 0.1) is 17.3 Å². The van der Waals surface area contributed by atoms with Gasteiger partial charge >= 0.3 is 0 Å². The molecular weight excluding hydrogens is 448 g/mol. The first-order chi connectivity index (χ1) is 16.4. The highest BCUT2D eigenvalue weighted by Gasteiger charge is 2.76. The van der Waals surface area contributed by atoms with Gasteiger partial charge in [0, 0.05) is 17.9 Å². The fourth-order valence-corrected chi connectivity index (χ4v) is 11.0. The van der Waals surface area contributed by atoms with Gasteiger partial charge in [0.1, 0.15) is 5.60 Å². The predicted octanol–water partition coefficient (Wildman–Crippen LogP) is 5.22. The smallest absolute Gasteiger partial charge is 0.261 e. The van der Waals surface area contributed by atoms with Crippen molar-refractivity contribution in [1.29, 1.82) is 0 Å². The van der Waals surface area contributed by atoms with E-state index >= 15 is 0 Å². The van der Waals surface area contributed by atoms with Gasteiger partial charge in [-0.3, -0.25) is 0 Å². The van der Waals surface area contributed by atoms with Crippen molar-refractivity contribution in [2.75, 3.05) is 6.61 Å². The molecule has 1 aliphatic carbocycles. The summed E-state index contributed by atoms with van der Waals surface area (Å²) in [7, 11) is -2.64. The molecular formula is C31H40O3Si. The Hall–Kier alpha value is -2.16. The number of rotatable bonds is 5. The largest absolute Gasteiger partial charge is 0.404 e. The molecule has 0 aromatic heterocycles. The van der Waals surface area contributed by atoms with Crippen LogP contribution in [0.5, 0.6) is 0 Å². The summed E-state index contributed by atoms with van der Waals surface area (Å²) in [6, 6.07) is 21.7. The Bertz CT molecular complexity index is 1100. The molecule has 1 saturated carbocycles. The molecule has 1 saturated heterocycles. The van der Waals surface area contributed by atoms with Gasteiger partial charge in [-0.05, 0) is 47.3 Å². The fraction of sp³-hybridized carbons (Fsp3) is 0.484. The van der Waals surface area contributed by atoms with Crippen LogP contribution in [0.3, 0.4) is 0 Å². The Labute approximate surface area is 212 Å². The first kappa shape index (κ1) is 25.9. The molecule has 3 nitrogen and oxygen atoms in total. The molecule has 1 aliphatic heterocycles. The summed E-state index contributed by atoms with van der Waals surface area (Å²) in [5.41, 5.74) is -0.142. The quantitative estimate of drug-likeness (QED) is 0.356. The van der Waals surface area contributed by atoms with Crippen molar-refractivity contribution in [3.63, 3.8) is 0 Å². The van der Waals surface area contributed by atoms with Crippen molar-refractivity contribution in [2.45, 2.75) is 83.7 Å². The summed E-state index contributed by atoms with van der Waals surface area (Å²) in [5, 5.41) is 11.8. The number of fused-ring (bicyclic) bond motifs is 1. The molecule has 2 aromatic carbocycles. The molecule has 1 N–H and O–H groups in total. The highest BCUT2D eigenvalue weighted by Crippen LogP contribution is 2.65. The molecule has 0 unspecified atom stereocenters. The summed E-state index contributed by atoms with van der Waals surface area (Å²) >= 11 is 0. The van der Waals surface area contributed by atoms with Crippen LogP contribution in [0.2, 0.25) is 5.04 Å². The van der Waals surface area contributed by atoms with E-state index in [1.54, 1.807) is 6.08 Å². The van der Waals surface area contributed by atoms with Crippen LogP contribution >= 0.6 is 0 Å². The molecule has 1 heterocycles. The van der Waals surface area contributed by atoms with Gasteiger partial charge in [-0.25, -0.2) is 0 Å². The van der Waals surface area contributed by atoms with Crippen molar-refractivity contribution >= 4 is 18.7 Å². The van der Waals surface area contributed by atoms with Gasteiger partial charge in [-0.1, -0.05) is 107 Å². The highest BCUT2D eigenvalue weighted by atomic mass is 28.4. The van der Waals surface area contributed by atoms with Gasteiger partial charge in [0.15, 0.2) is 5.60 Å². The second kappa shape index (κ2) is 9.05. The normalized spacial score (nSPS) is 28.0. The number of hydrogen-bond donors (Lipinski definition) is 1. The lowest BCUT2D eigenvalue weighted by Gasteiger charge is -2.48. The molecule has 0 amide bonds. The van der Waals surface area contributed by atoms with Crippen LogP contribution in [-0.4, -0.2) is 37.3 Å². The van der Waals surface area contributed by atoms with Gasteiger partial charge in [0.2, 0.25) is 0 Å². The van der Waals surface area contributed by atoms with E-state index < -0.39 is 13.9 Å². The lowest BCUT2D eigenvalue weighted by atomic mass is 9.63. The lowest BCUT2D eigenvalue weighted by molar-refractivity contribution is 0.0644. The fourth-order valence-electron chi connectivity index (χ4n) is 6.30. The molecule has 186 valence electrons. The van der Waals surface area contributed by atoms with Crippen molar-refractivity contribution in [3.8, 4) is 11.8 Å². The zero-order valence-corrected chi connectivity index (χ0v) is 23.3.